The summed E-state index contributed by atoms with van der Waals surface area (Å²) in [6.07, 6.45) is 0.934. The second-order valence-corrected chi connectivity index (χ2v) is 6.13. The van der Waals surface area contributed by atoms with E-state index in [9.17, 15) is 8.42 Å². The number of hydrogen-bond acceptors (Lipinski definition) is 4. The Morgan fingerprint density at radius 3 is 3.06 bits per heavy atom. The molecule has 1 aliphatic heterocycles. The zero-order valence-corrected chi connectivity index (χ0v) is 11.2. The Kier molecular flexibility index (Phi) is 4.21. The maximum Gasteiger partial charge on any atom is 0.235 e. The predicted octanol–water partition coefficient (Wildman–Crippen LogP) is 0.720. The van der Waals surface area contributed by atoms with Crippen LogP contribution < -0.4 is 10.0 Å². The van der Waals surface area contributed by atoms with Crippen LogP contribution in [0.15, 0.2) is 18.2 Å². The van der Waals surface area contributed by atoms with Crippen molar-refractivity contribution >= 4 is 15.7 Å². The first-order chi connectivity index (χ1) is 8.62. The summed E-state index contributed by atoms with van der Waals surface area (Å²) in [4.78, 5) is 0. The van der Waals surface area contributed by atoms with E-state index in [0.717, 1.165) is 18.5 Å². The van der Waals surface area contributed by atoms with Gasteiger partial charge in [-0.25, -0.2) is 8.42 Å². The average Bonchev–Trinajstić information content (AvgIpc) is 2.37. The summed E-state index contributed by atoms with van der Waals surface area (Å²) in [5.41, 5.74) is 2.93. The molecule has 1 aromatic rings. The topological polar surface area (TPSA) is 67.4 Å². The first-order valence-electron chi connectivity index (χ1n) is 5.93. The smallest absolute Gasteiger partial charge is 0.235 e. The number of anilines is 1. The third-order valence-corrected chi connectivity index (χ3v) is 4.20. The van der Waals surface area contributed by atoms with Crippen LogP contribution in [0.2, 0.25) is 0 Å². The van der Waals surface area contributed by atoms with E-state index < -0.39 is 10.0 Å². The van der Waals surface area contributed by atoms with Crippen molar-refractivity contribution in [3.05, 3.63) is 29.3 Å². The summed E-state index contributed by atoms with van der Waals surface area (Å²) in [6.45, 7) is 1.84. The molecule has 0 amide bonds. The molecule has 0 atom stereocenters. The van der Waals surface area contributed by atoms with Gasteiger partial charge < -0.3 is 10.1 Å². The minimum atomic E-state index is -3.33. The van der Waals surface area contributed by atoms with E-state index in [0.29, 0.717) is 12.2 Å². The van der Waals surface area contributed by atoms with E-state index in [1.165, 1.54) is 12.7 Å². The van der Waals surface area contributed by atoms with Crippen molar-refractivity contribution < 1.29 is 13.2 Å². The average molecular weight is 270 g/mol. The molecule has 0 aliphatic carbocycles. The van der Waals surface area contributed by atoms with Crippen molar-refractivity contribution in [2.75, 3.05) is 30.7 Å². The molecule has 0 bridgehead atoms. The minimum absolute atomic E-state index is 0.0272. The second-order valence-electron chi connectivity index (χ2n) is 4.28. The highest BCUT2D eigenvalue weighted by Crippen LogP contribution is 2.23. The highest BCUT2D eigenvalue weighted by Gasteiger charge is 2.16. The minimum Gasteiger partial charge on any atom is -0.384 e. The summed E-state index contributed by atoms with van der Waals surface area (Å²) in [7, 11) is -1.84. The van der Waals surface area contributed by atoms with Crippen LogP contribution in [-0.4, -0.2) is 34.4 Å². The number of methoxy groups -OCH3 is 1. The molecule has 0 unspecified atom stereocenters. The molecule has 6 heteroatoms. The van der Waals surface area contributed by atoms with Crippen LogP contribution in [0, 0.1) is 0 Å². The van der Waals surface area contributed by atoms with E-state index in [2.05, 4.69) is 10.0 Å². The summed E-state index contributed by atoms with van der Waals surface area (Å²) in [6, 6.07) is 5.73. The number of nitrogens with one attached hydrogen (secondary N) is 2. The van der Waals surface area contributed by atoms with Gasteiger partial charge in [0.05, 0.1) is 18.0 Å². The number of ether oxygens (including phenoxy) is 1. The Labute approximate surface area is 108 Å². The lowest BCUT2D eigenvalue weighted by atomic mass is 10.00. The molecule has 0 fully saturated rings. The highest BCUT2D eigenvalue weighted by atomic mass is 32.2. The number of sulfonamides is 1. The Balaban J connectivity index is 2.19. The summed E-state index contributed by atoms with van der Waals surface area (Å²) >= 11 is 0. The van der Waals surface area contributed by atoms with Gasteiger partial charge in [-0.15, -0.1) is 0 Å². The maximum absolute atomic E-state index is 11.8. The van der Waals surface area contributed by atoms with Crippen molar-refractivity contribution in [3.8, 4) is 0 Å². The van der Waals surface area contributed by atoms with Crippen LogP contribution in [-0.2, 0) is 27.7 Å². The van der Waals surface area contributed by atoms with Gasteiger partial charge in [-0.3, -0.25) is 4.72 Å². The Morgan fingerprint density at radius 2 is 2.28 bits per heavy atom. The quantitative estimate of drug-likeness (QED) is 0.827. The van der Waals surface area contributed by atoms with E-state index in [-0.39, 0.29) is 12.4 Å². The third-order valence-electron chi connectivity index (χ3n) is 2.97. The molecule has 5 nitrogen and oxygen atoms in total. The van der Waals surface area contributed by atoms with Crippen molar-refractivity contribution in [2.45, 2.75) is 13.0 Å². The van der Waals surface area contributed by atoms with Crippen molar-refractivity contribution in [1.29, 1.82) is 0 Å². The van der Waals surface area contributed by atoms with Gasteiger partial charge in [-0.2, -0.15) is 0 Å². The van der Waals surface area contributed by atoms with Crippen LogP contribution >= 0.6 is 0 Å². The fourth-order valence-electron chi connectivity index (χ4n) is 2.02. The summed E-state index contributed by atoms with van der Waals surface area (Å²) < 4.78 is 31.1. The summed E-state index contributed by atoms with van der Waals surface area (Å²) in [5.74, 6) is -0.0272. The van der Waals surface area contributed by atoms with Gasteiger partial charge in [-0.1, -0.05) is 12.1 Å². The van der Waals surface area contributed by atoms with Crippen LogP contribution in [0.25, 0.3) is 0 Å². The fourth-order valence-corrected chi connectivity index (χ4v) is 3.04. The van der Waals surface area contributed by atoms with Gasteiger partial charge in [0.1, 0.15) is 0 Å². The Hall–Kier alpha value is -1.11. The number of benzene rings is 1. The van der Waals surface area contributed by atoms with Crippen molar-refractivity contribution in [1.82, 2.24) is 5.32 Å². The van der Waals surface area contributed by atoms with E-state index in [1.54, 1.807) is 6.07 Å². The zero-order valence-electron chi connectivity index (χ0n) is 10.4. The monoisotopic (exact) mass is 270 g/mol. The normalized spacial score (nSPS) is 15.2. The fraction of sp³-hybridized carbons (Fsp3) is 0.500. The first-order valence-corrected chi connectivity index (χ1v) is 7.58. The molecule has 1 heterocycles. The SMILES string of the molecule is COCCS(=O)(=O)Nc1cccc2c1CNCC2. The number of fused-ring (bicyclic) bond motifs is 1. The second kappa shape index (κ2) is 5.69. The van der Waals surface area contributed by atoms with Gasteiger partial charge in [-0.05, 0) is 30.2 Å². The lowest BCUT2D eigenvalue weighted by molar-refractivity contribution is 0.217. The molecule has 1 aliphatic rings. The maximum atomic E-state index is 11.8. The molecule has 0 spiro atoms. The summed E-state index contributed by atoms with van der Waals surface area (Å²) in [5, 5.41) is 3.25. The van der Waals surface area contributed by atoms with E-state index in [1.807, 2.05) is 12.1 Å². The van der Waals surface area contributed by atoms with Crippen LogP contribution in [0.3, 0.4) is 0 Å². The van der Waals surface area contributed by atoms with Gasteiger partial charge in [0.25, 0.3) is 0 Å². The number of hydrogen-bond donors (Lipinski definition) is 2. The lowest BCUT2D eigenvalue weighted by Gasteiger charge is -2.21. The molecule has 1 aromatic carbocycles. The first kappa shape index (κ1) is 13.3. The number of rotatable bonds is 5. The molecule has 100 valence electrons. The highest BCUT2D eigenvalue weighted by molar-refractivity contribution is 7.92. The van der Waals surface area contributed by atoms with Gasteiger partial charge >= 0.3 is 0 Å². The van der Waals surface area contributed by atoms with Crippen molar-refractivity contribution in [3.63, 3.8) is 0 Å². The van der Waals surface area contributed by atoms with Gasteiger partial charge in [0.15, 0.2) is 0 Å². The largest absolute Gasteiger partial charge is 0.384 e. The molecular weight excluding hydrogens is 252 g/mol. The lowest BCUT2D eigenvalue weighted by Crippen LogP contribution is -2.26. The van der Waals surface area contributed by atoms with Crippen molar-refractivity contribution in [2.24, 2.45) is 0 Å². The van der Waals surface area contributed by atoms with Crippen LogP contribution in [0.4, 0.5) is 5.69 Å². The predicted molar refractivity (Wildman–Crippen MR) is 71.1 cm³/mol. The molecule has 18 heavy (non-hydrogen) atoms. The molecular formula is C12H18N2O3S. The molecule has 0 radical (unpaired) electrons. The Bertz CT molecular complexity index is 514. The molecule has 2 N–H and O–H groups in total. The van der Waals surface area contributed by atoms with E-state index in [4.69, 9.17) is 4.74 Å². The van der Waals surface area contributed by atoms with Crippen LogP contribution in [0.1, 0.15) is 11.1 Å². The Morgan fingerprint density at radius 1 is 1.44 bits per heavy atom. The van der Waals surface area contributed by atoms with Gasteiger partial charge in [0, 0.05) is 13.7 Å². The molecule has 0 aromatic heterocycles. The van der Waals surface area contributed by atoms with E-state index >= 15 is 0 Å². The van der Waals surface area contributed by atoms with Crippen LogP contribution in [0.5, 0.6) is 0 Å². The third kappa shape index (κ3) is 3.22. The van der Waals surface area contributed by atoms with Gasteiger partial charge in [0.2, 0.25) is 10.0 Å². The molecule has 0 saturated carbocycles. The molecule has 0 saturated heterocycles. The zero-order chi connectivity index (χ0) is 13.0. The standard InChI is InChI=1S/C12H18N2O3S/c1-17-7-8-18(15,16)14-12-4-2-3-10-5-6-13-9-11(10)12/h2-4,13-14H,5-9H2,1H3. The molecule has 2 rings (SSSR count).